The van der Waals surface area contributed by atoms with Crippen molar-refractivity contribution in [2.24, 2.45) is 0 Å². The van der Waals surface area contributed by atoms with E-state index in [1.165, 1.54) is 18.5 Å². The minimum atomic E-state index is -0.267. The van der Waals surface area contributed by atoms with Crippen LogP contribution < -0.4 is 20.3 Å². The zero-order valence-corrected chi connectivity index (χ0v) is 16.3. The summed E-state index contributed by atoms with van der Waals surface area (Å²) < 4.78 is 5.14. The molecule has 2 aromatic carbocycles. The molecule has 2 heterocycles. The van der Waals surface area contributed by atoms with Crippen LogP contribution >= 0.6 is 0 Å². The van der Waals surface area contributed by atoms with Crippen LogP contribution in [-0.4, -0.2) is 36.3 Å². The minimum Gasteiger partial charge on any atom is -0.497 e. The topological polar surface area (TPSA) is 79.4 Å². The summed E-state index contributed by atoms with van der Waals surface area (Å²) in [6.07, 6.45) is 2.52. The Labute approximate surface area is 169 Å². The summed E-state index contributed by atoms with van der Waals surface area (Å²) in [4.78, 5) is 14.7. The van der Waals surface area contributed by atoms with Crippen molar-refractivity contribution >= 4 is 28.9 Å². The number of carbonyl (C=O) groups excluding carboxylic acids is 1. The van der Waals surface area contributed by atoms with Gasteiger partial charge in [-0.2, -0.15) is 0 Å². The molecule has 148 valence electrons. The van der Waals surface area contributed by atoms with Crippen LogP contribution in [0.2, 0.25) is 0 Å². The van der Waals surface area contributed by atoms with Gasteiger partial charge in [-0.3, -0.25) is 4.79 Å². The van der Waals surface area contributed by atoms with Gasteiger partial charge in [0, 0.05) is 30.0 Å². The summed E-state index contributed by atoms with van der Waals surface area (Å²) in [6, 6.07) is 18.7. The first-order chi connectivity index (χ1) is 14.2. The normalized spacial score (nSPS) is 13.2. The summed E-state index contributed by atoms with van der Waals surface area (Å²) >= 11 is 0. The van der Waals surface area contributed by atoms with Crippen LogP contribution in [0.3, 0.4) is 0 Å². The molecule has 1 aliphatic rings. The number of rotatable bonds is 6. The van der Waals surface area contributed by atoms with Crippen molar-refractivity contribution in [3.8, 4) is 5.75 Å². The van der Waals surface area contributed by atoms with Crippen LogP contribution in [0.25, 0.3) is 0 Å². The number of hydrogen-bond donors (Lipinski definition) is 2. The number of hydrogen-bond acceptors (Lipinski definition) is 6. The lowest BCUT2D eigenvalue weighted by atomic mass is 10.2. The van der Waals surface area contributed by atoms with Crippen LogP contribution in [0.4, 0.5) is 23.0 Å². The number of nitrogens with zero attached hydrogens (tertiary/aromatic N) is 3. The highest BCUT2D eigenvalue weighted by Crippen LogP contribution is 2.23. The number of anilines is 4. The summed E-state index contributed by atoms with van der Waals surface area (Å²) in [5.41, 5.74) is 2.68. The fraction of sp³-hybridized carbons (Fsp3) is 0.227. The number of amides is 1. The maximum Gasteiger partial charge on any atom is 0.256 e. The third-order valence-corrected chi connectivity index (χ3v) is 4.85. The fourth-order valence-electron chi connectivity index (χ4n) is 3.30. The monoisotopic (exact) mass is 389 g/mol. The fourth-order valence-corrected chi connectivity index (χ4v) is 3.30. The summed E-state index contributed by atoms with van der Waals surface area (Å²) in [5.74, 6) is 1.35. The summed E-state index contributed by atoms with van der Waals surface area (Å²) in [5, 5.41) is 14.2. The molecule has 0 bridgehead atoms. The van der Waals surface area contributed by atoms with Gasteiger partial charge in [0.15, 0.2) is 11.6 Å². The van der Waals surface area contributed by atoms with Gasteiger partial charge in [0.1, 0.15) is 5.75 Å². The number of methoxy groups -OCH3 is 1. The lowest BCUT2D eigenvalue weighted by molar-refractivity contribution is 0.102. The average Bonchev–Trinajstić information content (AvgIpc) is 3.31. The molecule has 3 aromatic rings. The maximum absolute atomic E-state index is 12.3. The van der Waals surface area contributed by atoms with E-state index in [-0.39, 0.29) is 5.91 Å². The molecule has 4 rings (SSSR count). The maximum atomic E-state index is 12.3. The Hall–Kier alpha value is -3.61. The van der Waals surface area contributed by atoms with Gasteiger partial charge in [0.25, 0.3) is 5.91 Å². The molecular formula is C22H23N5O2. The largest absolute Gasteiger partial charge is 0.497 e. The standard InChI is InChI=1S/C22H23N5O2/c1-29-19-6-4-5-16(15-19)22(28)24-21-12-11-20(25-26-21)23-17-7-9-18(10-8-17)27-13-2-3-14-27/h4-12,15H,2-3,13-14H2,1H3,(H,23,25)(H,24,26,28). The first kappa shape index (κ1) is 18.7. The Morgan fingerprint density at radius 2 is 1.69 bits per heavy atom. The third-order valence-electron chi connectivity index (χ3n) is 4.85. The van der Waals surface area contributed by atoms with Crippen molar-refractivity contribution in [1.29, 1.82) is 0 Å². The van der Waals surface area contributed by atoms with Gasteiger partial charge in [0.05, 0.1) is 7.11 Å². The highest BCUT2D eigenvalue weighted by molar-refractivity contribution is 6.04. The van der Waals surface area contributed by atoms with Crippen molar-refractivity contribution in [3.05, 3.63) is 66.2 Å². The minimum absolute atomic E-state index is 0.267. The van der Waals surface area contributed by atoms with E-state index in [2.05, 4.69) is 37.9 Å². The molecule has 0 radical (unpaired) electrons. The summed E-state index contributed by atoms with van der Waals surface area (Å²) in [6.45, 7) is 2.25. The van der Waals surface area contributed by atoms with Gasteiger partial charge >= 0.3 is 0 Å². The van der Waals surface area contributed by atoms with Crippen molar-refractivity contribution in [2.75, 3.05) is 35.7 Å². The lowest BCUT2D eigenvalue weighted by Crippen LogP contribution is -2.17. The molecule has 0 unspecified atom stereocenters. The first-order valence-corrected chi connectivity index (χ1v) is 9.62. The Kier molecular flexibility index (Phi) is 5.56. The van der Waals surface area contributed by atoms with Gasteiger partial charge in [-0.15, -0.1) is 10.2 Å². The van der Waals surface area contributed by atoms with Crippen LogP contribution in [0.15, 0.2) is 60.7 Å². The van der Waals surface area contributed by atoms with Gasteiger partial charge in [-0.25, -0.2) is 0 Å². The molecule has 1 aliphatic heterocycles. The Balaban J connectivity index is 1.36. The zero-order valence-electron chi connectivity index (χ0n) is 16.3. The highest BCUT2D eigenvalue weighted by Gasteiger charge is 2.12. The molecule has 2 N–H and O–H groups in total. The number of benzene rings is 2. The van der Waals surface area contributed by atoms with Gasteiger partial charge in [0.2, 0.25) is 0 Å². The molecule has 7 nitrogen and oxygen atoms in total. The Morgan fingerprint density at radius 3 is 2.38 bits per heavy atom. The second kappa shape index (κ2) is 8.60. The van der Waals surface area contributed by atoms with E-state index in [4.69, 9.17) is 4.74 Å². The number of nitrogens with one attached hydrogen (secondary N) is 2. The van der Waals surface area contributed by atoms with Crippen molar-refractivity contribution in [1.82, 2.24) is 10.2 Å². The molecule has 1 aromatic heterocycles. The summed E-state index contributed by atoms with van der Waals surface area (Å²) in [7, 11) is 1.56. The Morgan fingerprint density at radius 1 is 0.966 bits per heavy atom. The lowest BCUT2D eigenvalue weighted by Gasteiger charge is -2.17. The SMILES string of the molecule is COc1cccc(C(=O)Nc2ccc(Nc3ccc(N4CCCC4)cc3)nn2)c1. The van der Waals surface area contributed by atoms with Gasteiger partial charge < -0.3 is 20.3 Å². The molecule has 0 spiro atoms. The van der Waals surface area contributed by atoms with E-state index in [9.17, 15) is 4.79 Å². The molecule has 0 saturated carbocycles. The predicted octanol–water partition coefficient (Wildman–Crippen LogP) is 4.08. The molecule has 1 amide bonds. The quantitative estimate of drug-likeness (QED) is 0.661. The second-order valence-electron chi connectivity index (χ2n) is 6.86. The van der Waals surface area contributed by atoms with Crippen LogP contribution in [0, 0.1) is 0 Å². The van der Waals surface area contributed by atoms with E-state index in [0.29, 0.717) is 22.9 Å². The number of carbonyl (C=O) groups is 1. The van der Waals surface area contributed by atoms with E-state index in [1.54, 1.807) is 43.5 Å². The smallest absolute Gasteiger partial charge is 0.256 e. The first-order valence-electron chi connectivity index (χ1n) is 9.62. The van der Waals surface area contributed by atoms with Gasteiger partial charge in [-0.1, -0.05) is 6.07 Å². The third kappa shape index (κ3) is 4.63. The van der Waals surface area contributed by atoms with Gasteiger partial charge in [-0.05, 0) is 67.4 Å². The molecule has 29 heavy (non-hydrogen) atoms. The van der Waals surface area contributed by atoms with Crippen LogP contribution in [0.5, 0.6) is 5.75 Å². The Bertz CT molecular complexity index is 967. The van der Waals surface area contributed by atoms with Crippen LogP contribution in [0.1, 0.15) is 23.2 Å². The predicted molar refractivity (Wildman–Crippen MR) is 114 cm³/mol. The van der Waals surface area contributed by atoms with Crippen molar-refractivity contribution < 1.29 is 9.53 Å². The van der Waals surface area contributed by atoms with Crippen molar-refractivity contribution in [2.45, 2.75) is 12.8 Å². The van der Waals surface area contributed by atoms with E-state index in [1.807, 2.05) is 12.1 Å². The van der Waals surface area contributed by atoms with Crippen molar-refractivity contribution in [3.63, 3.8) is 0 Å². The molecular weight excluding hydrogens is 366 g/mol. The number of aromatic nitrogens is 2. The van der Waals surface area contributed by atoms with E-state index < -0.39 is 0 Å². The zero-order chi connectivity index (χ0) is 20.1. The molecule has 1 saturated heterocycles. The molecule has 1 fully saturated rings. The second-order valence-corrected chi connectivity index (χ2v) is 6.86. The van der Waals surface area contributed by atoms with Crippen LogP contribution in [-0.2, 0) is 0 Å². The number of ether oxygens (including phenoxy) is 1. The molecule has 0 atom stereocenters. The molecule has 0 aliphatic carbocycles. The van der Waals surface area contributed by atoms with E-state index in [0.717, 1.165) is 18.8 Å². The van der Waals surface area contributed by atoms with E-state index >= 15 is 0 Å². The highest BCUT2D eigenvalue weighted by atomic mass is 16.5. The average molecular weight is 389 g/mol. The molecule has 7 heteroatoms.